The number of hydrogen-bond donors (Lipinski definition) is 0. The summed E-state index contributed by atoms with van der Waals surface area (Å²) in [5.41, 5.74) is 4.76. The van der Waals surface area contributed by atoms with Gasteiger partial charge in [-0.05, 0) is 44.4 Å². The number of nitrogens with zero attached hydrogens (tertiary/aromatic N) is 7. The minimum atomic E-state index is -0.0548. The van der Waals surface area contributed by atoms with Crippen LogP contribution in [0.2, 0.25) is 0 Å². The molecule has 1 aliphatic heterocycles. The van der Waals surface area contributed by atoms with Crippen molar-refractivity contribution in [3.05, 3.63) is 51.4 Å². The first-order valence-electron chi connectivity index (χ1n) is 12.7. The Morgan fingerprint density at radius 2 is 1.97 bits per heavy atom. The van der Waals surface area contributed by atoms with Gasteiger partial charge in [-0.3, -0.25) is 14.4 Å². The van der Waals surface area contributed by atoms with Crippen molar-refractivity contribution >= 4 is 38.3 Å². The van der Waals surface area contributed by atoms with E-state index in [2.05, 4.69) is 66.7 Å². The molecular weight excluding hydrogens is 470 g/mol. The molecule has 4 aromatic rings. The van der Waals surface area contributed by atoms with Crippen molar-refractivity contribution in [1.29, 1.82) is 5.26 Å². The summed E-state index contributed by atoms with van der Waals surface area (Å²) >= 11 is 1.75. The molecule has 1 saturated heterocycles. The second-order valence-corrected chi connectivity index (χ2v) is 11.0. The molecular formula is C27H33N7OS. The standard InChI is InChI=1S/C27H33N7OS/c1-6-20-15-34(23-13-26(35)31(5)24-16-32(11-10-28)30-27(23)24)21(7-2)14-33(20)17(3)19-8-9-22-25(12-19)36-18(4)29-22/h8-9,12-13,16-17,20-21H,6-7,11,14-15H2,1-5H3/t17-,20+,21-/m0/s1. The number of thiazole rings is 1. The van der Waals surface area contributed by atoms with Crippen LogP contribution in [0.4, 0.5) is 5.69 Å². The van der Waals surface area contributed by atoms with Crippen LogP contribution in [0, 0.1) is 18.3 Å². The highest BCUT2D eigenvalue weighted by Gasteiger charge is 2.36. The normalized spacial score (nSPS) is 19.7. The first kappa shape index (κ1) is 24.5. The lowest BCUT2D eigenvalue weighted by Gasteiger charge is -2.49. The third-order valence-electron chi connectivity index (χ3n) is 7.66. The number of nitriles is 1. The van der Waals surface area contributed by atoms with Gasteiger partial charge in [0.1, 0.15) is 12.1 Å². The number of aromatic nitrogens is 4. The van der Waals surface area contributed by atoms with Crippen LogP contribution in [-0.2, 0) is 13.6 Å². The van der Waals surface area contributed by atoms with Crippen LogP contribution < -0.4 is 10.5 Å². The number of benzene rings is 1. The van der Waals surface area contributed by atoms with E-state index in [4.69, 9.17) is 5.10 Å². The van der Waals surface area contributed by atoms with Gasteiger partial charge in [-0.25, -0.2) is 4.98 Å². The Balaban J connectivity index is 1.50. The summed E-state index contributed by atoms with van der Waals surface area (Å²) in [6.07, 6.45) is 3.77. The van der Waals surface area contributed by atoms with Crippen molar-refractivity contribution < 1.29 is 0 Å². The van der Waals surface area contributed by atoms with E-state index in [0.717, 1.165) is 53.2 Å². The summed E-state index contributed by atoms with van der Waals surface area (Å²) in [6, 6.07) is 11.4. The number of piperazine rings is 1. The summed E-state index contributed by atoms with van der Waals surface area (Å²) in [7, 11) is 1.76. The number of anilines is 1. The third kappa shape index (κ3) is 4.18. The van der Waals surface area contributed by atoms with Gasteiger partial charge in [-0.15, -0.1) is 11.3 Å². The van der Waals surface area contributed by atoms with Crippen molar-refractivity contribution in [3.63, 3.8) is 0 Å². The van der Waals surface area contributed by atoms with Gasteiger partial charge in [0.2, 0.25) is 0 Å². The molecule has 1 aliphatic rings. The van der Waals surface area contributed by atoms with Crippen LogP contribution in [0.15, 0.2) is 35.3 Å². The zero-order valence-corrected chi connectivity index (χ0v) is 22.4. The number of pyridine rings is 1. The van der Waals surface area contributed by atoms with Crippen molar-refractivity contribution in [2.45, 2.75) is 65.2 Å². The molecule has 188 valence electrons. The largest absolute Gasteiger partial charge is 0.364 e. The Kier molecular flexibility index (Phi) is 6.58. The molecule has 0 amide bonds. The van der Waals surface area contributed by atoms with Crippen LogP contribution in [-0.4, -0.2) is 49.4 Å². The van der Waals surface area contributed by atoms with Gasteiger partial charge in [0.25, 0.3) is 5.56 Å². The predicted octanol–water partition coefficient (Wildman–Crippen LogP) is 4.62. The average Bonchev–Trinajstić information content (AvgIpc) is 3.47. The molecule has 0 N–H and O–H groups in total. The maximum absolute atomic E-state index is 12.9. The summed E-state index contributed by atoms with van der Waals surface area (Å²) in [4.78, 5) is 22.5. The van der Waals surface area contributed by atoms with E-state index >= 15 is 0 Å². The molecule has 8 nitrogen and oxygen atoms in total. The minimum absolute atomic E-state index is 0.0548. The number of rotatable bonds is 6. The van der Waals surface area contributed by atoms with Gasteiger partial charge in [0.15, 0.2) is 0 Å². The molecule has 1 aromatic carbocycles. The molecule has 0 spiro atoms. The van der Waals surface area contributed by atoms with Gasteiger partial charge in [0, 0.05) is 44.3 Å². The van der Waals surface area contributed by atoms with Crippen LogP contribution in [0.1, 0.15) is 50.2 Å². The van der Waals surface area contributed by atoms with E-state index in [1.54, 1.807) is 39.9 Å². The van der Waals surface area contributed by atoms with E-state index in [0.29, 0.717) is 6.04 Å². The maximum atomic E-state index is 12.9. The Bertz CT molecular complexity index is 1510. The average molecular weight is 504 g/mol. The molecule has 4 heterocycles. The lowest BCUT2D eigenvalue weighted by molar-refractivity contribution is 0.101. The van der Waals surface area contributed by atoms with Crippen LogP contribution >= 0.6 is 11.3 Å². The molecule has 9 heteroatoms. The fourth-order valence-electron chi connectivity index (χ4n) is 5.57. The highest BCUT2D eigenvalue weighted by atomic mass is 32.1. The number of fused-ring (bicyclic) bond motifs is 2. The van der Waals surface area contributed by atoms with Gasteiger partial charge < -0.3 is 9.47 Å². The molecule has 0 bridgehead atoms. The van der Waals surface area contributed by atoms with E-state index in [1.807, 2.05) is 0 Å². The molecule has 3 aromatic heterocycles. The highest BCUT2D eigenvalue weighted by molar-refractivity contribution is 7.18. The Morgan fingerprint density at radius 1 is 1.19 bits per heavy atom. The molecule has 0 unspecified atom stereocenters. The summed E-state index contributed by atoms with van der Waals surface area (Å²) in [5.74, 6) is 0. The first-order chi connectivity index (χ1) is 17.3. The molecule has 36 heavy (non-hydrogen) atoms. The quantitative estimate of drug-likeness (QED) is 0.382. The Morgan fingerprint density at radius 3 is 2.69 bits per heavy atom. The van der Waals surface area contributed by atoms with Crippen molar-refractivity contribution in [1.82, 2.24) is 24.2 Å². The van der Waals surface area contributed by atoms with Crippen LogP contribution in [0.3, 0.4) is 0 Å². The van der Waals surface area contributed by atoms with Gasteiger partial charge in [-0.2, -0.15) is 10.4 Å². The number of hydrogen-bond acceptors (Lipinski definition) is 7. The lowest BCUT2D eigenvalue weighted by Crippen LogP contribution is -2.58. The summed E-state index contributed by atoms with van der Waals surface area (Å²) in [6.45, 7) is 10.7. The second-order valence-electron chi connectivity index (χ2n) is 9.75. The monoisotopic (exact) mass is 503 g/mol. The van der Waals surface area contributed by atoms with Crippen LogP contribution in [0.25, 0.3) is 21.3 Å². The van der Waals surface area contributed by atoms with Crippen molar-refractivity contribution in [2.24, 2.45) is 7.05 Å². The fraction of sp³-hybridized carbons (Fsp3) is 0.481. The third-order valence-corrected chi connectivity index (χ3v) is 8.59. The van der Waals surface area contributed by atoms with Crippen molar-refractivity contribution in [2.75, 3.05) is 18.0 Å². The molecule has 0 aliphatic carbocycles. The smallest absolute Gasteiger partial charge is 0.252 e. The first-order valence-corrected chi connectivity index (χ1v) is 13.5. The SMILES string of the molecule is CC[C@H]1CN([C@@H](C)c2ccc3nc(C)sc3c2)[C@H](CC)CN1c1cc(=O)n(C)c2cn(CC#N)nc12. The summed E-state index contributed by atoms with van der Waals surface area (Å²) < 4.78 is 4.49. The zero-order chi connectivity index (χ0) is 25.6. The molecule has 0 saturated carbocycles. The van der Waals surface area contributed by atoms with Gasteiger partial charge in [0.05, 0.1) is 38.7 Å². The maximum Gasteiger partial charge on any atom is 0.252 e. The van der Waals surface area contributed by atoms with Crippen molar-refractivity contribution in [3.8, 4) is 6.07 Å². The lowest BCUT2D eigenvalue weighted by atomic mass is 9.96. The van der Waals surface area contributed by atoms with E-state index in [1.165, 1.54) is 10.3 Å². The van der Waals surface area contributed by atoms with E-state index in [-0.39, 0.29) is 24.2 Å². The van der Waals surface area contributed by atoms with E-state index < -0.39 is 0 Å². The number of aryl methyl sites for hydroxylation is 2. The summed E-state index contributed by atoms with van der Waals surface area (Å²) in [5, 5.41) is 15.0. The molecule has 3 atom stereocenters. The topological polar surface area (TPSA) is 83.0 Å². The Hall–Kier alpha value is -3.22. The highest BCUT2D eigenvalue weighted by Crippen LogP contribution is 2.35. The predicted molar refractivity (Wildman–Crippen MR) is 146 cm³/mol. The minimum Gasteiger partial charge on any atom is -0.364 e. The van der Waals surface area contributed by atoms with Gasteiger partial charge in [-0.1, -0.05) is 19.9 Å². The fourth-order valence-corrected chi connectivity index (χ4v) is 6.45. The molecule has 5 rings (SSSR count). The molecule has 0 radical (unpaired) electrons. The van der Waals surface area contributed by atoms with Gasteiger partial charge >= 0.3 is 0 Å². The molecule has 1 fully saturated rings. The van der Waals surface area contributed by atoms with Crippen LogP contribution in [0.5, 0.6) is 0 Å². The Labute approximate surface area is 215 Å². The van der Waals surface area contributed by atoms with E-state index in [9.17, 15) is 10.1 Å². The zero-order valence-electron chi connectivity index (χ0n) is 21.6. The second kappa shape index (κ2) is 9.68.